The molecule has 1 unspecified atom stereocenters. The monoisotopic (exact) mass is 497 g/mol. The number of rotatable bonds is 15. The molecular weight excluding hydrogens is 454 g/mol. The molecule has 192 valence electrons. The van der Waals surface area contributed by atoms with Gasteiger partial charge in [-0.3, -0.25) is 14.7 Å². The van der Waals surface area contributed by atoms with Crippen LogP contribution < -0.4 is 5.32 Å². The third kappa shape index (κ3) is 13.9. The van der Waals surface area contributed by atoms with Gasteiger partial charge in [0, 0.05) is 38.0 Å². The summed E-state index contributed by atoms with van der Waals surface area (Å²) in [5.41, 5.74) is 4.97. The highest BCUT2D eigenvalue weighted by molar-refractivity contribution is 8.15. The molecule has 1 atom stereocenters. The lowest BCUT2D eigenvalue weighted by molar-refractivity contribution is -0.120. The summed E-state index contributed by atoms with van der Waals surface area (Å²) >= 11 is 1.52. The van der Waals surface area contributed by atoms with Crippen molar-refractivity contribution in [3.63, 3.8) is 0 Å². The topological polar surface area (TPSA) is 53.9 Å². The molecule has 1 rings (SSSR count). The van der Waals surface area contributed by atoms with Crippen molar-refractivity contribution in [3.8, 4) is 0 Å². The van der Waals surface area contributed by atoms with Crippen molar-refractivity contribution in [2.75, 3.05) is 33.3 Å². The molecule has 0 aromatic rings. The van der Waals surface area contributed by atoms with E-state index in [0.29, 0.717) is 19.6 Å². The average molecular weight is 498 g/mol. The normalized spacial score (nSPS) is 17.4. The highest BCUT2D eigenvalue weighted by Crippen LogP contribution is 2.24. The zero-order chi connectivity index (χ0) is 26.1. The Morgan fingerprint density at radius 1 is 1.14 bits per heavy atom. The molecule has 0 aromatic carbocycles. The first kappa shape index (κ1) is 30.6. The first-order chi connectivity index (χ1) is 16.8. The second-order valence-electron chi connectivity index (χ2n) is 8.84. The zero-order valence-electron chi connectivity index (χ0n) is 22.0. The molecule has 1 saturated heterocycles. The van der Waals surface area contributed by atoms with E-state index in [1.807, 2.05) is 44.2 Å². The standard InChI is InChI=1S/C29H43N3O2S/c1-8-9-10-13-25(5)21-34-27-15-17-32(18-16-27)28(26(6)35-22-30-7)20-31-29(33)19-24(4)14-11-12-23(2)3/h8-14,22,27-28H,1-2,6,15-21H2,3-5,7H3,(H,31,33)/b10-9-,12-11-,24-14-,25-13+,30-22-. The molecule has 5 nitrogen and oxygen atoms in total. The average Bonchev–Trinajstić information content (AvgIpc) is 2.82. The Kier molecular flexibility index (Phi) is 15.7. The van der Waals surface area contributed by atoms with Gasteiger partial charge < -0.3 is 10.1 Å². The number of amides is 1. The van der Waals surface area contributed by atoms with Gasteiger partial charge in [0.1, 0.15) is 0 Å². The Balaban J connectivity index is 2.64. The highest BCUT2D eigenvalue weighted by atomic mass is 32.2. The molecule has 1 amide bonds. The van der Waals surface area contributed by atoms with Gasteiger partial charge in [-0.15, -0.1) is 0 Å². The zero-order valence-corrected chi connectivity index (χ0v) is 22.8. The lowest BCUT2D eigenvalue weighted by Crippen LogP contribution is -2.49. The van der Waals surface area contributed by atoms with Gasteiger partial charge in [0.25, 0.3) is 0 Å². The van der Waals surface area contributed by atoms with Crippen molar-refractivity contribution in [1.29, 1.82) is 0 Å². The Labute approximate surface area is 217 Å². The summed E-state index contributed by atoms with van der Waals surface area (Å²) in [7, 11) is 1.75. The van der Waals surface area contributed by atoms with Gasteiger partial charge >= 0.3 is 0 Å². The van der Waals surface area contributed by atoms with Crippen LogP contribution in [0.4, 0.5) is 0 Å². The maximum Gasteiger partial charge on any atom is 0.224 e. The fraction of sp³-hybridized carbons (Fsp3) is 0.448. The van der Waals surface area contributed by atoms with Crippen LogP contribution in [0.3, 0.4) is 0 Å². The minimum atomic E-state index is 0.0143. The van der Waals surface area contributed by atoms with Crippen LogP contribution >= 0.6 is 11.8 Å². The smallest absolute Gasteiger partial charge is 0.224 e. The van der Waals surface area contributed by atoms with Gasteiger partial charge in [-0.25, -0.2) is 0 Å². The summed E-state index contributed by atoms with van der Waals surface area (Å²) in [6.45, 7) is 20.7. The van der Waals surface area contributed by atoms with Crippen LogP contribution in [0.15, 0.2) is 88.9 Å². The molecule has 0 bridgehead atoms. The molecule has 1 N–H and O–H groups in total. The largest absolute Gasteiger partial charge is 0.374 e. The lowest BCUT2D eigenvalue weighted by atomic mass is 10.0. The van der Waals surface area contributed by atoms with Crippen molar-refractivity contribution in [2.24, 2.45) is 4.99 Å². The second-order valence-corrected chi connectivity index (χ2v) is 9.81. The van der Waals surface area contributed by atoms with Gasteiger partial charge in [-0.05, 0) is 39.2 Å². The molecule has 0 spiro atoms. The van der Waals surface area contributed by atoms with Crippen molar-refractivity contribution in [2.45, 2.75) is 52.2 Å². The molecule has 6 heteroatoms. The number of likely N-dealkylation sites (tertiary alicyclic amines) is 1. The summed E-state index contributed by atoms with van der Waals surface area (Å²) in [4.78, 5) is 20.0. The number of nitrogens with zero attached hydrogens (tertiary/aromatic N) is 2. The van der Waals surface area contributed by atoms with Crippen molar-refractivity contribution in [1.82, 2.24) is 10.2 Å². The van der Waals surface area contributed by atoms with E-state index in [1.165, 1.54) is 17.3 Å². The third-order valence-electron chi connectivity index (χ3n) is 5.47. The fourth-order valence-electron chi connectivity index (χ4n) is 3.56. The predicted octanol–water partition coefficient (Wildman–Crippen LogP) is 6.01. The summed E-state index contributed by atoms with van der Waals surface area (Å²) in [5.74, 6) is 0.0143. The molecule has 1 aliphatic heterocycles. The summed E-state index contributed by atoms with van der Waals surface area (Å²) < 4.78 is 6.13. The van der Waals surface area contributed by atoms with E-state index in [4.69, 9.17) is 4.74 Å². The van der Waals surface area contributed by atoms with E-state index in [9.17, 15) is 4.79 Å². The number of hydrogen-bond donors (Lipinski definition) is 1. The molecule has 1 aliphatic rings. The first-order valence-electron chi connectivity index (χ1n) is 12.1. The number of nitrogens with one attached hydrogen (secondary N) is 1. The number of piperidine rings is 1. The lowest BCUT2D eigenvalue weighted by Gasteiger charge is -2.38. The van der Waals surface area contributed by atoms with Crippen LogP contribution in [-0.4, -0.2) is 61.8 Å². The molecule has 1 heterocycles. The fourth-order valence-corrected chi connectivity index (χ4v) is 4.19. The molecule has 0 radical (unpaired) electrons. The van der Waals surface area contributed by atoms with Gasteiger partial charge in [0.15, 0.2) is 0 Å². The van der Waals surface area contributed by atoms with Crippen LogP contribution in [-0.2, 0) is 9.53 Å². The van der Waals surface area contributed by atoms with E-state index >= 15 is 0 Å². The third-order valence-corrected chi connectivity index (χ3v) is 6.36. The maximum absolute atomic E-state index is 12.6. The molecule has 35 heavy (non-hydrogen) atoms. The van der Waals surface area contributed by atoms with Gasteiger partial charge in [-0.1, -0.05) is 85.2 Å². The van der Waals surface area contributed by atoms with Crippen molar-refractivity contribution in [3.05, 3.63) is 83.9 Å². The number of hydrogen-bond acceptors (Lipinski definition) is 5. The Morgan fingerprint density at radius 2 is 1.83 bits per heavy atom. The minimum Gasteiger partial charge on any atom is -0.374 e. The first-order valence-corrected chi connectivity index (χ1v) is 13.0. The Hall–Kier alpha value is -2.41. The molecule has 1 fully saturated rings. The molecular formula is C29H43N3O2S. The van der Waals surface area contributed by atoms with Crippen LogP contribution in [0.25, 0.3) is 0 Å². The number of allylic oxidation sites excluding steroid dienone is 8. The van der Waals surface area contributed by atoms with E-state index in [2.05, 4.69) is 47.9 Å². The molecule has 0 saturated carbocycles. The van der Waals surface area contributed by atoms with Gasteiger partial charge in [0.2, 0.25) is 5.91 Å². The number of carbonyl (C=O) groups excluding carboxylic acids is 1. The number of ether oxygens (including phenoxy) is 1. The van der Waals surface area contributed by atoms with Crippen LogP contribution in [0.1, 0.15) is 40.0 Å². The Morgan fingerprint density at radius 3 is 2.46 bits per heavy atom. The van der Waals surface area contributed by atoms with Gasteiger partial charge in [-0.2, -0.15) is 0 Å². The van der Waals surface area contributed by atoms with E-state index in [0.717, 1.165) is 42.0 Å². The highest BCUT2D eigenvalue weighted by Gasteiger charge is 2.27. The molecule has 0 aliphatic carbocycles. The van der Waals surface area contributed by atoms with Crippen LogP contribution in [0, 0.1) is 0 Å². The van der Waals surface area contributed by atoms with Crippen LogP contribution in [0.2, 0.25) is 0 Å². The minimum absolute atomic E-state index is 0.0143. The number of carbonyl (C=O) groups is 1. The summed E-state index contributed by atoms with van der Waals surface area (Å²) in [6, 6.07) is 0.0427. The molecule has 0 aromatic heterocycles. The van der Waals surface area contributed by atoms with E-state index in [-0.39, 0.29) is 18.1 Å². The van der Waals surface area contributed by atoms with E-state index < -0.39 is 0 Å². The van der Waals surface area contributed by atoms with Crippen molar-refractivity contribution >= 4 is 23.2 Å². The second kappa shape index (κ2) is 17.9. The van der Waals surface area contributed by atoms with Crippen molar-refractivity contribution < 1.29 is 9.53 Å². The number of thioether (sulfide) groups is 1. The SMILES string of the molecule is C=C/C=C\C=C(/C)COC1CCN(C(CNC(=O)C/C(C)=C\C=C/C(=C)C)C(=C)S/C=N\C)CC1. The van der Waals surface area contributed by atoms with E-state index in [1.54, 1.807) is 18.7 Å². The summed E-state index contributed by atoms with van der Waals surface area (Å²) in [6.07, 6.45) is 16.0. The quantitative estimate of drug-likeness (QED) is 0.171. The van der Waals surface area contributed by atoms with Crippen LogP contribution in [0.5, 0.6) is 0 Å². The number of aliphatic imine (C=N–C) groups is 1. The summed E-state index contributed by atoms with van der Waals surface area (Å²) in [5, 5.41) is 3.11. The predicted molar refractivity (Wildman–Crippen MR) is 154 cm³/mol. The maximum atomic E-state index is 12.6. The van der Waals surface area contributed by atoms with Gasteiger partial charge in [0.05, 0.1) is 24.3 Å². The Bertz CT molecular complexity index is 859.